The lowest BCUT2D eigenvalue weighted by Gasteiger charge is -2.33. The molecular formula is C13H21N3O. The van der Waals surface area contributed by atoms with E-state index in [1.54, 1.807) is 19.5 Å². The highest BCUT2D eigenvalue weighted by Crippen LogP contribution is 2.32. The smallest absolute Gasteiger partial charge is 0.115 e. The molecule has 94 valence electrons. The molecule has 2 N–H and O–H groups in total. The maximum atomic E-state index is 6.28. The van der Waals surface area contributed by atoms with E-state index >= 15 is 0 Å². The van der Waals surface area contributed by atoms with Crippen LogP contribution in [0.5, 0.6) is 0 Å². The monoisotopic (exact) mass is 235 g/mol. The third-order valence-corrected chi connectivity index (χ3v) is 3.71. The Morgan fingerprint density at radius 2 is 1.88 bits per heavy atom. The van der Waals surface area contributed by atoms with E-state index in [0.29, 0.717) is 5.92 Å². The van der Waals surface area contributed by atoms with Crippen LogP contribution in [0.25, 0.3) is 0 Å². The highest BCUT2D eigenvalue weighted by Gasteiger charge is 2.29. The van der Waals surface area contributed by atoms with Gasteiger partial charge in [0.25, 0.3) is 0 Å². The molecule has 1 fully saturated rings. The van der Waals surface area contributed by atoms with Gasteiger partial charge in [-0.3, -0.25) is 0 Å². The summed E-state index contributed by atoms with van der Waals surface area (Å²) < 4.78 is 5.63. The number of nitrogens with two attached hydrogens (primary N) is 1. The first-order valence-electron chi connectivity index (χ1n) is 6.36. The van der Waals surface area contributed by atoms with Crippen molar-refractivity contribution in [3.8, 4) is 0 Å². The molecular weight excluding hydrogens is 214 g/mol. The number of ether oxygens (including phenoxy) is 1. The van der Waals surface area contributed by atoms with Gasteiger partial charge in [0.2, 0.25) is 0 Å². The van der Waals surface area contributed by atoms with Crippen molar-refractivity contribution in [3.63, 3.8) is 0 Å². The van der Waals surface area contributed by atoms with Crippen LogP contribution < -0.4 is 5.73 Å². The van der Waals surface area contributed by atoms with E-state index in [0.717, 1.165) is 5.56 Å². The van der Waals surface area contributed by atoms with Crippen LogP contribution in [0, 0.1) is 5.92 Å². The zero-order chi connectivity index (χ0) is 12.1. The Kier molecular flexibility index (Phi) is 4.45. The first-order chi connectivity index (χ1) is 8.33. The maximum absolute atomic E-state index is 6.28. The van der Waals surface area contributed by atoms with Crippen LogP contribution in [0.2, 0.25) is 0 Å². The number of hydrogen-bond acceptors (Lipinski definition) is 4. The van der Waals surface area contributed by atoms with Crippen molar-refractivity contribution < 1.29 is 4.74 Å². The van der Waals surface area contributed by atoms with Gasteiger partial charge in [-0.2, -0.15) is 0 Å². The molecule has 4 nitrogen and oxygen atoms in total. The molecule has 17 heavy (non-hydrogen) atoms. The molecule has 1 aromatic rings. The van der Waals surface area contributed by atoms with Crippen molar-refractivity contribution in [2.24, 2.45) is 11.7 Å². The Labute approximate surface area is 103 Å². The van der Waals surface area contributed by atoms with Gasteiger partial charge in [0.05, 0.1) is 12.1 Å². The van der Waals surface area contributed by atoms with Crippen molar-refractivity contribution in [3.05, 3.63) is 24.3 Å². The Morgan fingerprint density at radius 3 is 2.47 bits per heavy atom. The van der Waals surface area contributed by atoms with Crippen LogP contribution in [-0.2, 0) is 4.74 Å². The summed E-state index contributed by atoms with van der Waals surface area (Å²) in [5, 5.41) is 0. The van der Waals surface area contributed by atoms with E-state index in [1.807, 2.05) is 0 Å². The van der Waals surface area contributed by atoms with Crippen LogP contribution >= 0.6 is 0 Å². The van der Waals surface area contributed by atoms with Gasteiger partial charge in [0.1, 0.15) is 6.33 Å². The summed E-state index contributed by atoms with van der Waals surface area (Å²) in [6.45, 7) is 0. The second-order valence-corrected chi connectivity index (χ2v) is 4.80. The van der Waals surface area contributed by atoms with Gasteiger partial charge in [-0.1, -0.05) is 19.3 Å². The molecule has 2 rings (SSSR count). The number of aromatic nitrogens is 2. The minimum atomic E-state index is -0.121. The number of methoxy groups -OCH3 is 1. The van der Waals surface area contributed by atoms with Crippen molar-refractivity contribution in [1.82, 2.24) is 9.97 Å². The summed E-state index contributed by atoms with van der Waals surface area (Å²) in [6, 6.07) is -0.121. The summed E-state index contributed by atoms with van der Waals surface area (Å²) in [4.78, 5) is 8.04. The summed E-state index contributed by atoms with van der Waals surface area (Å²) in [7, 11) is 1.75. The van der Waals surface area contributed by atoms with E-state index in [2.05, 4.69) is 9.97 Å². The third kappa shape index (κ3) is 3.01. The molecule has 0 spiro atoms. The molecule has 0 saturated heterocycles. The maximum Gasteiger partial charge on any atom is 0.115 e. The van der Waals surface area contributed by atoms with Gasteiger partial charge in [-0.15, -0.1) is 0 Å². The lowest BCUT2D eigenvalue weighted by Crippen LogP contribution is -2.36. The summed E-state index contributed by atoms with van der Waals surface area (Å²) >= 11 is 0. The molecule has 2 atom stereocenters. The van der Waals surface area contributed by atoms with Crippen molar-refractivity contribution in [2.75, 3.05) is 7.11 Å². The van der Waals surface area contributed by atoms with Crippen LogP contribution in [0.3, 0.4) is 0 Å². The Morgan fingerprint density at radius 1 is 1.24 bits per heavy atom. The fraction of sp³-hybridized carbons (Fsp3) is 0.692. The van der Waals surface area contributed by atoms with Gasteiger partial charge in [0, 0.05) is 25.1 Å². The number of nitrogens with zero attached hydrogens (tertiary/aromatic N) is 2. The third-order valence-electron chi connectivity index (χ3n) is 3.71. The lowest BCUT2D eigenvalue weighted by atomic mass is 9.81. The second-order valence-electron chi connectivity index (χ2n) is 4.80. The molecule has 0 amide bonds. The molecule has 1 heterocycles. The van der Waals surface area contributed by atoms with Crippen LogP contribution in [0.15, 0.2) is 18.7 Å². The van der Waals surface area contributed by atoms with E-state index in [-0.39, 0.29) is 12.1 Å². The van der Waals surface area contributed by atoms with E-state index < -0.39 is 0 Å². The lowest BCUT2D eigenvalue weighted by molar-refractivity contribution is 0.0171. The highest BCUT2D eigenvalue weighted by molar-refractivity contribution is 5.11. The Hall–Kier alpha value is -1.00. The summed E-state index contributed by atoms with van der Waals surface area (Å²) in [6.07, 6.45) is 11.6. The second kappa shape index (κ2) is 6.07. The first-order valence-corrected chi connectivity index (χ1v) is 6.36. The van der Waals surface area contributed by atoms with Gasteiger partial charge in [-0.05, 0) is 18.8 Å². The van der Waals surface area contributed by atoms with E-state index in [1.165, 1.54) is 38.4 Å². The minimum absolute atomic E-state index is 0.0845. The quantitative estimate of drug-likeness (QED) is 0.868. The molecule has 0 aromatic carbocycles. The topological polar surface area (TPSA) is 61.0 Å². The molecule has 2 unspecified atom stereocenters. The zero-order valence-electron chi connectivity index (χ0n) is 10.4. The predicted molar refractivity (Wildman–Crippen MR) is 66.3 cm³/mol. The average molecular weight is 235 g/mol. The SMILES string of the molecule is COC(C1CCCCC1)C(N)c1cncnc1. The number of hydrogen-bond donors (Lipinski definition) is 1. The molecule has 1 aliphatic rings. The normalized spacial score (nSPS) is 21.1. The predicted octanol–water partition coefficient (Wildman–Crippen LogP) is 2.07. The largest absolute Gasteiger partial charge is 0.379 e. The Balaban J connectivity index is 2.06. The minimum Gasteiger partial charge on any atom is -0.379 e. The van der Waals surface area contributed by atoms with E-state index in [9.17, 15) is 0 Å². The average Bonchev–Trinajstić information content (AvgIpc) is 2.42. The highest BCUT2D eigenvalue weighted by atomic mass is 16.5. The van der Waals surface area contributed by atoms with E-state index in [4.69, 9.17) is 10.5 Å². The fourth-order valence-electron chi connectivity index (χ4n) is 2.77. The molecule has 0 aliphatic heterocycles. The van der Waals surface area contributed by atoms with Crippen LogP contribution in [0.4, 0.5) is 0 Å². The van der Waals surface area contributed by atoms with Gasteiger partial charge >= 0.3 is 0 Å². The first kappa shape index (κ1) is 12.5. The summed E-state index contributed by atoms with van der Waals surface area (Å²) in [5.41, 5.74) is 7.24. The van der Waals surface area contributed by atoms with Gasteiger partial charge < -0.3 is 10.5 Å². The van der Waals surface area contributed by atoms with Crippen LogP contribution in [-0.4, -0.2) is 23.2 Å². The van der Waals surface area contributed by atoms with Crippen LogP contribution in [0.1, 0.15) is 43.7 Å². The molecule has 1 saturated carbocycles. The van der Waals surface area contributed by atoms with Crippen molar-refractivity contribution >= 4 is 0 Å². The Bertz CT molecular complexity index is 325. The molecule has 4 heteroatoms. The standard InChI is InChI=1S/C13H21N3O/c1-17-13(10-5-3-2-4-6-10)12(14)11-7-15-9-16-8-11/h7-10,12-13H,2-6,14H2,1H3. The molecule has 1 aliphatic carbocycles. The van der Waals surface area contributed by atoms with Crippen molar-refractivity contribution in [1.29, 1.82) is 0 Å². The molecule has 0 bridgehead atoms. The van der Waals surface area contributed by atoms with Crippen molar-refractivity contribution in [2.45, 2.75) is 44.2 Å². The zero-order valence-corrected chi connectivity index (χ0v) is 10.4. The number of rotatable bonds is 4. The fourth-order valence-corrected chi connectivity index (χ4v) is 2.77. The molecule has 1 aromatic heterocycles. The van der Waals surface area contributed by atoms with Gasteiger partial charge in [-0.25, -0.2) is 9.97 Å². The molecule has 0 radical (unpaired) electrons. The van der Waals surface area contributed by atoms with Gasteiger partial charge in [0.15, 0.2) is 0 Å². The summed E-state index contributed by atoms with van der Waals surface area (Å²) in [5.74, 6) is 0.573.